The number of amides is 1. The highest BCUT2D eigenvalue weighted by atomic mass is 32.1. The van der Waals surface area contributed by atoms with Gasteiger partial charge in [0.2, 0.25) is 16.0 Å². The number of imidazole rings is 1. The largest absolute Gasteiger partial charge is 0.355 e. The van der Waals surface area contributed by atoms with E-state index < -0.39 is 0 Å². The van der Waals surface area contributed by atoms with Crippen LogP contribution in [0.5, 0.6) is 0 Å². The molecule has 2 aromatic heterocycles. The summed E-state index contributed by atoms with van der Waals surface area (Å²) in [5, 5.41) is 8.64. The molecule has 0 radical (unpaired) electrons. The molecule has 1 aliphatic heterocycles. The van der Waals surface area contributed by atoms with Gasteiger partial charge < -0.3 is 10.2 Å². The van der Waals surface area contributed by atoms with Crippen LogP contribution in [0.4, 0.5) is 9.52 Å². The molecule has 1 unspecified atom stereocenters. The van der Waals surface area contributed by atoms with Crippen molar-refractivity contribution in [3.63, 3.8) is 0 Å². The Hall–Kier alpha value is -2.48. The second kappa shape index (κ2) is 5.52. The number of nitrogens with one attached hydrogen (secondary N) is 1. The summed E-state index contributed by atoms with van der Waals surface area (Å²) < 4.78 is 14.8. The van der Waals surface area contributed by atoms with E-state index in [0.29, 0.717) is 12.5 Å². The van der Waals surface area contributed by atoms with Crippen LogP contribution in [-0.4, -0.2) is 44.0 Å². The lowest BCUT2D eigenvalue weighted by Crippen LogP contribution is -2.29. The molecule has 128 valence electrons. The zero-order chi connectivity index (χ0) is 17.0. The van der Waals surface area contributed by atoms with Gasteiger partial charge in [-0.3, -0.25) is 4.79 Å². The number of carbonyl (C=O) groups excluding carboxylic acids is 1. The lowest BCUT2D eigenvalue weighted by atomic mass is 10.2. The summed E-state index contributed by atoms with van der Waals surface area (Å²) in [5.41, 5.74) is 1.62. The van der Waals surface area contributed by atoms with Gasteiger partial charge in [-0.1, -0.05) is 11.3 Å². The molecule has 1 saturated carbocycles. The van der Waals surface area contributed by atoms with E-state index in [1.165, 1.54) is 23.5 Å². The average molecular weight is 357 g/mol. The Bertz CT molecular complexity index is 914. The molecule has 0 spiro atoms. The molecule has 3 heterocycles. The SMILES string of the molecule is O=C1CC(Nc2nn3cc(-c4ccc(F)cc4)nc3s2)CN1C1CC1. The van der Waals surface area contributed by atoms with E-state index in [-0.39, 0.29) is 17.8 Å². The molecule has 0 bridgehead atoms. The monoisotopic (exact) mass is 357 g/mol. The van der Waals surface area contributed by atoms with Crippen LogP contribution in [0.1, 0.15) is 19.3 Å². The highest BCUT2D eigenvalue weighted by molar-refractivity contribution is 7.20. The fourth-order valence-corrected chi connectivity index (χ4v) is 4.12. The van der Waals surface area contributed by atoms with Gasteiger partial charge in [-0.05, 0) is 37.1 Å². The van der Waals surface area contributed by atoms with Gasteiger partial charge in [0.05, 0.1) is 17.9 Å². The van der Waals surface area contributed by atoms with Crippen LogP contribution >= 0.6 is 11.3 Å². The van der Waals surface area contributed by atoms with Crippen LogP contribution < -0.4 is 5.32 Å². The molecule has 1 aliphatic carbocycles. The van der Waals surface area contributed by atoms with E-state index in [9.17, 15) is 9.18 Å². The molecular weight excluding hydrogens is 341 g/mol. The van der Waals surface area contributed by atoms with Gasteiger partial charge in [0.15, 0.2) is 0 Å². The summed E-state index contributed by atoms with van der Waals surface area (Å²) in [7, 11) is 0. The number of carbonyl (C=O) groups is 1. The van der Waals surface area contributed by atoms with Crippen LogP contribution in [0.15, 0.2) is 30.5 Å². The van der Waals surface area contributed by atoms with Crippen molar-refractivity contribution in [3.8, 4) is 11.3 Å². The average Bonchev–Trinajstić information content (AvgIpc) is 3.10. The molecule has 1 saturated heterocycles. The molecule has 1 atom stereocenters. The fourth-order valence-electron chi connectivity index (χ4n) is 3.26. The summed E-state index contributed by atoms with van der Waals surface area (Å²) in [6.07, 6.45) is 4.63. The number of rotatable bonds is 4. The first-order chi connectivity index (χ1) is 12.2. The Labute approximate surface area is 147 Å². The first-order valence-electron chi connectivity index (χ1n) is 8.34. The second-order valence-electron chi connectivity index (χ2n) is 6.59. The molecular formula is C17H16FN5OS. The number of hydrogen-bond donors (Lipinski definition) is 1. The standard InChI is InChI=1S/C17H16FN5OS/c18-11-3-1-10(2-4-11)14-9-23-17(20-14)25-16(21-23)19-12-7-15(24)22(8-12)13-5-6-13/h1-4,9,12-13H,5-8H2,(H,19,21). The van der Waals surface area contributed by atoms with E-state index in [4.69, 9.17) is 0 Å². The van der Waals surface area contributed by atoms with Crippen LogP contribution in [0.25, 0.3) is 16.2 Å². The Morgan fingerprint density at radius 2 is 2.04 bits per heavy atom. The van der Waals surface area contributed by atoms with Crippen LogP contribution in [0, 0.1) is 5.82 Å². The van der Waals surface area contributed by atoms with Gasteiger partial charge in [-0.2, -0.15) is 0 Å². The minimum Gasteiger partial charge on any atom is -0.355 e. The zero-order valence-corrected chi connectivity index (χ0v) is 14.2. The van der Waals surface area contributed by atoms with Crippen molar-refractivity contribution in [2.24, 2.45) is 0 Å². The first kappa shape index (κ1) is 14.8. The Morgan fingerprint density at radius 3 is 2.76 bits per heavy atom. The third-order valence-electron chi connectivity index (χ3n) is 4.66. The smallest absolute Gasteiger partial charge is 0.225 e. The molecule has 8 heteroatoms. The maximum atomic E-state index is 13.0. The predicted molar refractivity (Wildman–Crippen MR) is 93.0 cm³/mol. The number of aromatic nitrogens is 3. The third-order valence-corrected chi connectivity index (χ3v) is 5.51. The molecule has 6 nitrogen and oxygen atoms in total. The van der Waals surface area contributed by atoms with Crippen molar-refractivity contribution < 1.29 is 9.18 Å². The number of fused-ring (bicyclic) bond motifs is 1. The van der Waals surface area contributed by atoms with E-state index in [2.05, 4.69) is 15.4 Å². The van der Waals surface area contributed by atoms with Crippen LogP contribution in [-0.2, 0) is 4.79 Å². The van der Waals surface area contributed by atoms with E-state index in [1.54, 1.807) is 16.6 Å². The highest BCUT2D eigenvalue weighted by Crippen LogP contribution is 2.32. The molecule has 1 amide bonds. The van der Waals surface area contributed by atoms with Gasteiger partial charge in [-0.25, -0.2) is 13.9 Å². The fraction of sp³-hybridized carbons (Fsp3) is 0.353. The topological polar surface area (TPSA) is 62.5 Å². The lowest BCUT2D eigenvalue weighted by Gasteiger charge is -2.15. The number of anilines is 1. The van der Waals surface area contributed by atoms with E-state index in [0.717, 1.165) is 40.7 Å². The van der Waals surface area contributed by atoms with Gasteiger partial charge in [0.25, 0.3) is 0 Å². The van der Waals surface area contributed by atoms with Crippen molar-refractivity contribution >= 4 is 27.3 Å². The summed E-state index contributed by atoms with van der Waals surface area (Å²) in [6, 6.07) is 6.83. The van der Waals surface area contributed by atoms with Gasteiger partial charge in [0, 0.05) is 24.6 Å². The number of likely N-dealkylation sites (tertiary alicyclic amines) is 1. The molecule has 2 fully saturated rings. The summed E-state index contributed by atoms with van der Waals surface area (Å²) in [4.78, 5) is 19.3. The maximum absolute atomic E-state index is 13.0. The minimum atomic E-state index is -0.263. The zero-order valence-electron chi connectivity index (χ0n) is 13.4. The Morgan fingerprint density at radius 1 is 1.24 bits per heavy atom. The number of benzene rings is 1. The molecule has 3 aromatic rings. The first-order valence-corrected chi connectivity index (χ1v) is 9.15. The molecule has 2 aliphatic rings. The van der Waals surface area contributed by atoms with Crippen molar-refractivity contribution in [1.29, 1.82) is 0 Å². The second-order valence-corrected chi connectivity index (χ2v) is 7.55. The normalized spacial score (nSPS) is 20.6. The molecule has 1 aromatic carbocycles. The third kappa shape index (κ3) is 2.76. The van der Waals surface area contributed by atoms with Crippen molar-refractivity contribution in [2.75, 3.05) is 11.9 Å². The molecule has 25 heavy (non-hydrogen) atoms. The van der Waals surface area contributed by atoms with Gasteiger partial charge in [0.1, 0.15) is 5.82 Å². The van der Waals surface area contributed by atoms with Crippen LogP contribution in [0.3, 0.4) is 0 Å². The highest BCUT2D eigenvalue weighted by Gasteiger charge is 2.39. The van der Waals surface area contributed by atoms with E-state index >= 15 is 0 Å². The Kier molecular flexibility index (Phi) is 3.27. The molecule has 1 N–H and O–H groups in total. The lowest BCUT2D eigenvalue weighted by molar-refractivity contribution is -0.128. The summed E-state index contributed by atoms with van der Waals surface area (Å²) in [6.45, 7) is 0.756. The quantitative estimate of drug-likeness (QED) is 0.780. The van der Waals surface area contributed by atoms with E-state index in [1.807, 2.05) is 11.1 Å². The van der Waals surface area contributed by atoms with Gasteiger partial charge >= 0.3 is 0 Å². The number of halogens is 1. The number of hydrogen-bond acceptors (Lipinski definition) is 5. The van der Waals surface area contributed by atoms with Crippen molar-refractivity contribution in [2.45, 2.75) is 31.3 Å². The maximum Gasteiger partial charge on any atom is 0.225 e. The summed E-state index contributed by atoms with van der Waals surface area (Å²) >= 11 is 1.45. The molecule has 5 rings (SSSR count). The van der Waals surface area contributed by atoms with Crippen molar-refractivity contribution in [1.82, 2.24) is 19.5 Å². The van der Waals surface area contributed by atoms with Gasteiger partial charge in [-0.15, -0.1) is 5.10 Å². The summed E-state index contributed by atoms with van der Waals surface area (Å²) in [5.74, 6) is -0.0272. The minimum absolute atomic E-state index is 0.112. The number of nitrogens with zero attached hydrogens (tertiary/aromatic N) is 4. The Balaban J connectivity index is 1.33. The van der Waals surface area contributed by atoms with Crippen molar-refractivity contribution in [3.05, 3.63) is 36.3 Å². The predicted octanol–water partition coefficient (Wildman–Crippen LogP) is 2.77. The van der Waals surface area contributed by atoms with Crippen LogP contribution in [0.2, 0.25) is 0 Å².